The average molecular weight is 373 g/mol. The van der Waals surface area contributed by atoms with E-state index in [0.29, 0.717) is 16.9 Å². The molecule has 4 aromatic rings. The van der Waals surface area contributed by atoms with Crippen LogP contribution < -0.4 is 4.80 Å². The molecule has 0 bridgehead atoms. The second-order valence-electron chi connectivity index (χ2n) is 6.48. The number of para-hydroxylation sites is 1. The van der Waals surface area contributed by atoms with Crippen LogP contribution in [0.15, 0.2) is 66.2 Å². The standard InChI is InChI=1S/C22H19N3OS/c1-4-12-25-20-14(2)6-5-7-19(20)27-22(25)24-21(26)17-10-11-18-16(13-17)9-8-15(3)23-18/h4-11,13H,1,12H2,2-3H3. The van der Waals surface area contributed by atoms with Crippen molar-refractivity contribution in [3.05, 3.63) is 82.8 Å². The molecule has 0 radical (unpaired) electrons. The number of nitrogens with zero attached hydrogens (tertiary/aromatic N) is 3. The van der Waals surface area contributed by atoms with Crippen molar-refractivity contribution < 1.29 is 4.79 Å². The number of carbonyl (C=O) groups is 1. The highest BCUT2D eigenvalue weighted by Gasteiger charge is 2.11. The molecule has 0 saturated heterocycles. The molecule has 2 aromatic heterocycles. The van der Waals surface area contributed by atoms with Crippen molar-refractivity contribution in [2.45, 2.75) is 20.4 Å². The topological polar surface area (TPSA) is 47.2 Å². The van der Waals surface area contributed by atoms with E-state index < -0.39 is 0 Å². The van der Waals surface area contributed by atoms with Crippen LogP contribution >= 0.6 is 11.3 Å². The van der Waals surface area contributed by atoms with E-state index in [2.05, 4.69) is 35.6 Å². The molecule has 27 heavy (non-hydrogen) atoms. The second-order valence-corrected chi connectivity index (χ2v) is 7.49. The Labute approximate surface area is 161 Å². The first-order valence-corrected chi connectivity index (χ1v) is 9.55. The van der Waals surface area contributed by atoms with Gasteiger partial charge in [0.2, 0.25) is 0 Å². The number of aryl methyl sites for hydroxylation is 2. The molecule has 2 heterocycles. The van der Waals surface area contributed by atoms with Crippen molar-refractivity contribution in [2.24, 2.45) is 4.99 Å². The van der Waals surface area contributed by atoms with Gasteiger partial charge < -0.3 is 4.57 Å². The molecule has 4 nitrogen and oxygen atoms in total. The van der Waals surface area contributed by atoms with E-state index in [1.54, 1.807) is 6.07 Å². The Morgan fingerprint density at radius 2 is 2.07 bits per heavy atom. The molecule has 0 spiro atoms. The van der Waals surface area contributed by atoms with Crippen LogP contribution in [-0.2, 0) is 6.54 Å². The van der Waals surface area contributed by atoms with E-state index in [0.717, 1.165) is 32.4 Å². The predicted octanol–water partition coefficient (Wildman–Crippen LogP) is 4.79. The highest BCUT2D eigenvalue weighted by molar-refractivity contribution is 7.16. The van der Waals surface area contributed by atoms with Crippen molar-refractivity contribution in [3.8, 4) is 0 Å². The number of fused-ring (bicyclic) bond motifs is 2. The van der Waals surface area contributed by atoms with E-state index in [9.17, 15) is 4.79 Å². The highest BCUT2D eigenvalue weighted by Crippen LogP contribution is 2.21. The summed E-state index contributed by atoms with van der Waals surface area (Å²) in [6.45, 7) is 8.47. The summed E-state index contributed by atoms with van der Waals surface area (Å²) in [6.07, 6.45) is 1.83. The van der Waals surface area contributed by atoms with E-state index >= 15 is 0 Å². The molecule has 1 amide bonds. The Morgan fingerprint density at radius 3 is 2.89 bits per heavy atom. The average Bonchev–Trinajstić information content (AvgIpc) is 3.00. The molecule has 134 valence electrons. The lowest BCUT2D eigenvalue weighted by atomic mass is 10.1. The zero-order valence-electron chi connectivity index (χ0n) is 15.3. The number of rotatable bonds is 3. The fourth-order valence-corrected chi connectivity index (χ4v) is 4.32. The predicted molar refractivity (Wildman–Crippen MR) is 111 cm³/mol. The number of allylic oxidation sites excluding steroid dienone is 1. The minimum Gasteiger partial charge on any atom is -0.312 e. The van der Waals surface area contributed by atoms with Crippen molar-refractivity contribution >= 4 is 38.4 Å². The third kappa shape index (κ3) is 3.22. The molecule has 0 fully saturated rings. The summed E-state index contributed by atoms with van der Waals surface area (Å²) < 4.78 is 3.16. The Hall–Kier alpha value is -3.05. The van der Waals surface area contributed by atoms with Gasteiger partial charge in [-0.05, 0) is 49.7 Å². The van der Waals surface area contributed by atoms with Gasteiger partial charge in [0, 0.05) is 23.2 Å². The zero-order chi connectivity index (χ0) is 19.0. The summed E-state index contributed by atoms with van der Waals surface area (Å²) in [7, 11) is 0. The molecule has 0 atom stereocenters. The number of benzene rings is 2. The lowest BCUT2D eigenvalue weighted by Crippen LogP contribution is -2.16. The third-order valence-electron chi connectivity index (χ3n) is 4.49. The monoisotopic (exact) mass is 373 g/mol. The van der Waals surface area contributed by atoms with Gasteiger partial charge in [-0.3, -0.25) is 9.78 Å². The summed E-state index contributed by atoms with van der Waals surface area (Å²) >= 11 is 1.52. The van der Waals surface area contributed by atoms with Crippen LogP contribution in [-0.4, -0.2) is 15.5 Å². The van der Waals surface area contributed by atoms with Crippen LogP contribution in [0, 0.1) is 13.8 Å². The summed E-state index contributed by atoms with van der Waals surface area (Å²) in [4.78, 5) is 22.4. The lowest BCUT2D eigenvalue weighted by Gasteiger charge is -2.04. The molecule has 2 aromatic carbocycles. The van der Waals surface area contributed by atoms with Gasteiger partial charge in [0.05, 0.1) is 15.7 Å². The van der Waals surface area contributed by atoms with Gasteiger partial charge in [-0.2, -0.15) is 4.99 Å². The molecular formula is C22H19N3OS. The fraction of sp³-hybridized carbons (Fsp3) is 0.136. The Bertz CT molecular complexity index is 1260. The Balaban J connectivity index is 1.84. The summed E-state index contributed by atoms with van der Waals surface area (Å²) in [5.41, 5.74) is 4.66. The first kappa shape index (κ1) is 17.4. The minimum atomic E-state index is -0.250. The lowest BCUT2D eigenvalue weighted by molar-refractivity contribution is 0.0998. The maximum Gasteiger partial charge on any atom is 0.279 e. The number of aromatic nitrogens is 2. The molecule has 4 rings (SSSR count). The molecule has 0 N–H and O–H groups in total. The van der Waals surface area contributed by atoms with E-state index in [1.807, 2.05) is 47.9 Å². The smallest absolute Gasteiger partial charge is 0.279 e. The van der Waals surface area contributed by atoms with Crippen molar-refractivity contribution in [3.63, 3.8) is 0 Å². The number of hydrogen-bond donors (Lipinski definition) is 0. The Morgan fingerprint density at radius 1 is 1.22 bits per heavy atom. The molecule has 0 unspecified atom stereocenters. The highest BCUT2D eigenvalue weighted by atomic mass is 32.1. The van der Waals surface area contributed by atoms with Crippen molar-refractivity contribution in [1.82, 2.24) is 9.55 Å². The van der Waals surface area contributed by atoms with Gasteiger partial charge in [-0.25, -0.2) is 0 Å². The third-order valence-corrected chi connectivity index (χ3v) is 5.53. The second kappa shape index (κ2) is 6.93. The van der Waals surface area contributed by atoms with Crippen LogP contribution in [0.3, 0.4) is 0 Å². The van der Waals surface area contributed by atoms with Crippen LogP contribution in [0.2, 0.25) is 0 Å². The molecule has 0 aliphatic rings. The number of pyridine rings is 1. The minimum absolute atomic E-state index is 0.250. The van der Waals surface area contributed by atoms with Gasteiger partial charge in [0.1, 0.15) is 0 Å². The number of carbonyl (C=O) groups excluding carboxylic acids is 1. The van der Waals surface area contributed by atoms with Gasteiger partial charge in [0.25, 0.3) is 5.91 Å². The molecular weight excluding hydrogens is 354 g/mol. The van der Waals surface area contributed by atoms with Gasteiger partial charge in [-0.15, -0.1) is 6.58 Å². The van der Waals surface area contributed by atoms with Gasteiger partial charge in [0.15, 0.2) is 4.80 Å². The van der Waals surface area contributed by atoms with Crippen LogP contribution in [0.1, 0.15) is 21.6 Å². The summed E-state index contributed by atoms with van der Waals surface area (Å²) in [6, 6.07) is 15.6. The fourth-order valence-electron chi connectivity index (χ4n) is 3.20. The Kier molecular flexibility index (Phi) is 4.46. The van der Waals surface area contributed by atoms with Crippen molar-refractivity contribution in [1.29, 1.82) is 0 Å². The van der Waals surface area contributed by atoms with Gasteiger partial charge in [-0.1, -0.05) is 35.6 Å². The maximum atomic E-state index is 12.8. The first-order chi connectivity index (χ1) is 13.1. The van der Waals surface area contributed by atoms with Crippen LogP contribution in [0.4, 0.5) is 0 Å². The van der Waals surface area contributed by atoms with E-state index in [4.69, 9.17) is 0 Å². The van der Waals surface area contributed by atoms with Crippen LogP contribution in [0.5, 0.6) is 0 Å². The van der Waals surface area contributed by atoms with Gasteiger partial charge >= 0.3 is 0 Å². The summed E-state index contributed by atoms with van der Waals surface area (Å²) in [5.74, 6) is -0.250. The number of hydrogen-bond acceptors (Lipinski definition) is 3. The zero-order valence-corrected chi connectivity index (χ0v) is 16.1. The SMILES string of the molecule is C=CCn1c(=NC(=O)c2ccc3nc(C)ccc3c2)sc2cccc(C)c21. The first-order valence-electron chi connectivity index (χ1n) is 8.73. The molecule has 5 heteroatoms. The van der Waals surface area contributed by atoms with Crippen molar-refractivity contribution in [2.75, 3.05) is 0 Å². The molecule has 0 aliphatic carbocycles. The van der Waals surface area contributed by atoms with E-state index in [1.165, 1.54) is 11.3 Å². The summed E-state index contributed by atoms with van der Waals surface area (Å²) in [5, 5.41) is 0.938. The van der Waals surface area contributed by atoms with E-state index in [-0.39, 0.29) is 5.91 Å². The number of amides is 1. The molecule has 0 saturated carbocycles. The molecule has 0 aliphatic heterocycles. The quantitative estimate of drug-likeness (QED) is 0.485. The largest absolute Gasteiger partial charge is 0.312 e. The van der Waals surface area contributed by atoms with Crippen LogP contribution in [0.25, 0.3) is 21.1 Å². The normalized spacial score (nSPS) is 12.0. The maximum absolute atomic E-state index is 12.8. The number of thiazole rings is 1.